The maximum atomic E-state index is 16.0. The molecule has 5 rings (SSSR count). The summed E-state index contributed by atoms with van der Waals surface area (Å²) < 4.78 is 156. The molecule has 7 nitrogen and oxygen atoms in total. The lowest BCUT2D eigenvalue weighted by molar-refractivity contribution is -0.208. The zero-order valence-electron chi connectivity index (χ0n) is 29.9. The van der Waals surface area contributed by atoms with Crippen molar-refractivity contribution in [2.45, 2.75) is 95.3 Å². The van der Waals surface area contributed by atoms with Gasteiger partial charge in [0.25, 0.3) is 5.56 Å². The summed E-state index contributed by atoms with van der Waals surface area (Å²) in [6.45, 7) is 0.293. The lowest BCUT2D eigenvalue weighted by Gasteiger charge is -2.40. The number of aromatic nitrogens is 1. The van der Waals surface area contributed by atoms with Gasteiger partial charge in [0, 0.05) is 37.5 Å². The average Bonchev–Trinajstić information content (AvgIpc) is 3.03. The van der Waals surface area contributed by atoms with Crippen LogP contribution in [-0.2, 0) is 34.8 Å². The number of hydrogen-bond acceptors (Lipinski definition) is 4. The number of carboxylic acids is 1. The van der Waals surface area contributed by atoms with Crippen LogP contribution in [0.1, 0.15) is 90.4 Å². The van der Waals surface area contributed by atoms with Gasteiger partial charge in [-0.1, -0.05) is 25.7 Å². The molecule has 2 N–H and O–H groups in total. The predicted molar refractivity (Wildman–Crippen MR) is 181 cm³/mol. The number of rotatable bonds is 6. The van der Waals surface area contributed by atoms with Gasteiger partial charge in [0.05, 0.1) is 29.5 Å². The third kappa shape index (κ3) is 9.90. The zero-order chi connectivity index (χ0) is 41.3. The normalized spacial score (nSPS) is 19.6. The molecule has 0 spiro atoms. The SMILES string of the molecule is Cc1cc(F)cc2c1-c1cc(c(F)c(C(F)(F)F)c1)[C@H](CC(=O)O)NC(=O)[C@@H](n1cc(CCN3CC(C(F)(F)F)C3)c(C(F)(F)F)cc1=O)CCCCCCC2. The molecule has 3 aromatic rings. The highest BCUT2D eigenvalue weighted by molar-refractivity contribution is 5.82. The first-order valence-corrected chi connectivity index (χ1v) is 17.9. The first-order chi connectivity index (χ1) is 26.0. The molecule has 2 bridgehead atoms. The van der Waals surface area contributed by atoms with Crippen LogP contribution in [-0.4, -0.2) is 52.3 Å². The van der Waals surface area contributed by atoms with Gasteiger partial charge in [-0.3, -0.25) is 14.4 Å². The molecule has 2 atom stereocenters. The Morgan fingerprint density at radius 3 is 2.12 bits per heavy atom. The van der Waals surface area contributed by atoms with E-state index >= 15 is 4.39 Å². The number of carbonyl (C=O) groups excluding carboxylic acids is 1. The molecule has 2 aliphatic rings. The number of alkyl halides is 9. The third-order valence-corrected chi connectivity index (χ3v) is 10.3. The van der Waals surface area contributed by atoms with E-state index in [1.165, 1.54) is 11.8 Å². The maximum absolute atomic E-state index is 16.0. The largest absolute Gasteiger partial charge is 0.481 e. The van der Waals surface area contributed by atoms with Gasteiger partial charge in [-0.2, -0.15) is 39.5 Å². The number of benzene rings is 2. The van der Waals surface area contributed by atoms with E-state index in [2.05, 4.69) is 5.32 Å². The van der Waals surface area contributed by atoms with Crippen LogP contribution < -0.4 is 10.9 Å². The van der Waals surface area contributed by atoms with Gasteiger partial charge in [-0.15, -0.1) is 0 Å². The van der Waals surface area contributed by atoms with Crippen LogP contribution in [0.3, 0.4) is 0 Å². The van der Waals surface area contributed by atoms with Gasteiger partial charge in [0.1, 0.15) is 17.7 Å². The van der Waals surface area contributed by atoms with Crippen molar-refractivity contribution in [2.75, 3.05) is 19.6 Å². The van der Waals surface area contributed by atoms with E-state index in [4.69, 9.17) is 0 Å². The number of halogens is 11. The van der Waals surface area contributed by atoms with Crippen LogP contribution in [0.25, 0.3) is 11.1 Å². The summed E-state index contributed by atoms with van der Waals surface area (Å²) >= 11 is 0. The van der Waals surface area contributed by atoms with Crippen LogP contribution >= 0.6 is 0 Å². The molecule has 1 aromatic heterocycles. The van der Waals surface area contributed by atoms with Crippen molar-refractivity contribution >= 4 is 11.9 Å². The van der Waals surface area contributed by atoms with E-state index in [9.17, 15) is 63.4 Å². The molecule has 2 aromatic carbocycles. The minimum atomic E-state index is -5.32. The van der Waals surface area contributed by atoms with Crippen molar-refractivity contribution in [1.82, 2.24) is 14.8 Å². The summed E-state index contributed by atoms with van der Waals surface area (Å²) in [4.78, 5) is 40.7. The zero-order valence-corrected chi connectivity index (χ0v) is 29.9. The average molecular weight is 810 g/mol. The van der Waals surface area contributed by atoms with Gasteiger partial charge in [0.15, 0.2) is 0 Å². The summed E-state index contributed by atoms with van der Waals surface area (Å²) in [5.74, 6) is -7.10. The Morgan fingerprint density at radius 2 is 1.50 bits per heavy atom. The summed E-state index contributed by atoms with van der Waals surface area (Å²) in [6.07, 6.45) is -13.7. The van der Waals surface area contributed by atoms with Crippen molar-refractivity contribution in [3.63, 3.8) is 0 Å². The van der Waals surface area contributed by atoms with Crippen molar-refractivity contribution in [3.05, 3.63) is 91.9 Å². The van der Waals surface area contributed by atoms with Gasteiger partial charge in [0.2, 0.25) is 5.91 Å². The smallest absolute Gasteiger partial charge is 0.419 e. The summed E-state index contributed by atoms with van der Waals surface area (Å²) in [5, 5.41) is 12.0. The highest BCUT2D eigenvalue weighted by Gasteiger charge is 2.47. The summed E-state index contributed by atoms with van der Waals surface area (Å²) in [7, 11) is 0. The van der Waals surface area contributed by atoms with E-state index in [1.807, 2.05) is 0 Å². The van der Waals surface area contributed by atoms with Gasteiger partial charge in [-0.05, 0) is 84.7 Å². The molecule has 3 heterocycles. The van der Waals surface area contributed by atoms with Crippen molar-refractivity contribution < 1.29 is 63.0 Å². The number of aryl methyl sites for hydroxylation is 2. The van der Waals surface area contributed by atoms with Crippen molar-refractivity contribution in [1.29, 1.82) is 0 Å². The molecule has 0 saturated carbocycles. The molecule has 0 unspecified atom stereocenters. The molecule has 1 amide bonds. The fraction of sp³-hybridized carbons (Fsp3) is 0.500. The molecular formula is C38H38F11N3O4. The lowest BCUT2D eigenvalue weighted by Crippen LogP contribution is -2.53. The van der Waals surface area contributed by atoms with Gasteiger partial charge < -0.3 is 19.9 Å². The van der Waals surface area contributed by atoms with E-state index in [0.29, 0.717) is 41.9 Å². The third-order valence-electron chi connectivity index (χ3n) is 10.3. The first-order valence-electron chi connectivity index (χ1n) is 17.9. The first kappa shape index (κ1) is 42.7. The molecule has 18 heteroatoms. The van der Waals surface area contributed by atoms with E-state index in [1.54, 1.807) is 0 Å². The number of carboxylic acid groups (broad SMARTS) is 1. The number of nitrogens with zero attached hydrogens (tertiary/aromatic N) is 2. The van der Waals surface area contributed by atoms with Crippen LogP contribution in [0.5, 0.6) is 0 Å². The second-order valence-corrected chi connectivity index (χ2v) is 14.4. The number of carbonyl (C=O) groups is 2. The topological polar surface area (TPSA) is 91.6 Å². The monoisotopic (exact) mass is 809 g/mol. The van der Waals surface area contributed by atoms with Gasteiger partial charge in [-0.25, -0.2) is 8.78 Å². The number of likely N-dealkylation sites (tertiary alicyclic amines) is 1. The minimum absolute atomic E-state index is 0.152. The molecule has 2 aliphatic heterocycles. The van der Waals surface area contributed by atoms with E-state index in [0.717, 1.165) is 24.4 Å². The van der Waals surface area contributed by atoms with Gasteiger partial charge >= 0.3 is 24.5 Å². The highest BCUT2D eigenvalue weighted by atomic mass is 19.4. The number of fused-ring (bicyclic) bond motifs is 4. The predicted octanol–water partition coefficient (Wildman–Crippen LogP) is 8.95. The summed E-state index contributed by atoms with van der Waals surface area (Å²) in [6, 6.07) is 0.261. The Bertz CT molecular complexity index is 2000. The number of aliphatic carboxylic acids is 1. The van der Waals surface area contributed by atoms with Crippen LogP contribution in [0.4, 0.5) is 48.3 Å². The van der Waals surface area contributed by atoms with E-state index < -0.39 is 114 Å². The Morgan fingerprint density at radius 1 is 0.857 bits per heavy atom. The molecule has 1 saturated heterocycles. The number of hydrogen-bond donors (Lipinski definition) is 2. The van der Waals surface area contributed by atoms with Crippen LogP contribution in [0.15, 0.2) is 41.3 Å². The molecule has 56 heavy (non-hydrogen) atoms. The Balaban J connectivity index is 1.61. The van der Waals surface area contributed by atoms with Crippen LogP contribution in [0.2, 0.25) is 0 Å². The molecule has 1 fully saturated rings. The Hall–Kier alpha value is -4.48. The molecule has 0 aliphatic carbocycles. The fourth-order valence-electron chi connectivity index (χ4n) is 7.47. The molecule has 306 valence electrons. The summed E-state index contributed by atoms with van der Waals surface area (Å²) in [5.41, 5.74) is -5.44. The van der Waals surface area contributed by atoms with Crippen LogP contribution in [0, 0.1) is 24.5 Å². The number of nitrogens with one attached hydrogen (secondary N) is 1. The minimum Gasteiger partial charge on any atom is -0.481 e. The molecule has 0 radical (unpaired) electrons. The fourth-order valence-corrected chi connectivity index (χ4v) is 7.47. The second-order valence-electron chi connectivity index (χ2n) is 14.4. The Labute approximate surface area is 313 Å². The lowest BCUT2D eigenvalue weighted by atomic mass is 9.87. The standard InChI is InChI=1S/C38H38F11N3O4/c1-20-11-25(39)12-21-7-5-3-2-4-6-8-30(35(56)50-29(16-32(54)55)26-13-23(33(20)21)14-28(34(26)40)38(47,48)49)52-17-22(27(15-31(52)53)37(44,45)46)9-10-51-18-24(19-51)36(41,42)43/h11-15,17,24,29-30H,2-10,16,18-19H2,1H3,(H,50,56)(H,54,55)/t29-,30-/m0/s1. The maximum Gasteiger partial charge on any atom is 0.419 e. The number of amides is 1. The van der Waals surface area contributed by atoms with Crippen molar-refractivity contribution in [2.24, 2.45) is 5.92 Å². The molecular weight excluding hydrogens is 771 g/mol. The number of pyridine rings is 1. The quantitative estimate of drug-likeness (QED) is 0.243. The second kappa shape index (κ2) is 16.5. The highest BCUT2D eigenvalue weighted by Crippen LogP contribution is 2.41. The Kier molecular flexibility index (Phi) is 12.6. The van der Waals surface area contributed by atoms with Crippen molar-refractivity contribution in [3.8, 4) is 11.1 Å². The van der Waals surface area contributed by atoms with E-state index in [-0.39, 0.29) is 48.6 Å².